The smallest absolute Gasteiger partial charge is 0.414 e. The van der Waals surface area contributed by atoms with Crippen molar-refractivity contribution in [2.75, 3.05) is 36.0 Å². The lowest BCUT2D eigenvalue weighted by atomic mass is 10.0. The number of nitriles is 1. The van der Waals surface area contributed by atoms with Gasteiger partial charge >= 0.3 is 6.09 Å². The molecule has 0 radical (unpaired) electrons. The van der Waals surface area contributed by atoms with Gasteiger partial charge in [0.2, 0.25) is 12.3 Å². The van der Waals surface area contributed by atoms with E-state index in [-0.39, 0.29) is 24.7 Å². The number of ether oxygens (including phenoxy) is 1. The number of anilines is 2. The first-order valence-electron chi connectivity index (χ1n) is 9.52. The first-order chi connectivity index (χ1) is 14.4. The summed E-state index contributed by atoms with van der Waals surface area (Å²) in [5.74, 6) is -0.687. The molecule has 1 atom stereocenters. The Kier molecular flexibility index (Phi) is 6.51. The fraction of sp³-hybridized carbons (Fsp3) is 0.400. The van der Waals surface area contributed by atoms with Crippen LogP contribution in [-0.4, -0.2) is 50.7 Å². The molecule has 0 unspecified atom stereocenters. The summed E-state index contributed by atoms with van der Waals surface area (Å²) in [7, 11) is 0. The van der Waals surface area contributed by atoms with Crippen molar-refractivity contribution in [3.63, 3.8) is 0 Å². The van der Waals surface area contributed by atoms with Gasteiger partial charge in [-0.1, -0.05) is 0 Å². The maximum Gasteiger partial charge on any atom is 0.414 e. The van der Waals surface area contributed by atoms with E-state index < -0.39 is 18.0 Å². The Morgan fingerprint density at radius 1 is 1.40 bits per heavy atom. The molecule has 0 spiro atoms. The number of cyclic esters (lactones) is 1. The number of nitrogens with zero attached hydrogens (tertiary/aromatic N) is 3. The molecule has 2 saturated heterocycles. The van der Waals surface area contributed by atoms with Gasteiger partial charge in [-0.3, -0.25) is 14.5 Å². The molecule has 3 amide bonds. The molecule has 2 N–H and O–H groups in total. The molecule has 1 aromatic carbocycles. The minimum atomic E-state index is -0.586. The van der Waals surface area contributed by atoms with Gasteiger partial charge in [0, 0.05) is 20.0 Å². The Morgan fingerprint density at radius 2 is 2.13 bits per heavy atom. The van der Waals surface area contributed by atoms with Gasteiger partial charge in [0.05, 0.1) is 24.5 Å². The molecule has 10 heteroatoms. The number of allylic oxidation sites excluding steroid dienone is 1. The number of carbonyl (C=O) groups is 3. The summed E-state index contributed by atoms with van der Waals surface area (Å²) in [6.07, 6.45) is 0.464. The molecule has 1 aromatic rings. The van der Waals surface area contributed by atoms with Crippen molar-refractivity contribution in [1.29, 1.82) is 5.26 Å². The normalized spacial score (nSPS) is 18.5. The molecule has 2 heterocycles. The third kappa shape index (κ3) is 4.68. The number of carbonyl (C=O) groups excluding carboxylic acids is 3. The number of rotatable bonds is 6. The molecular formula is C20H22FN5O4. The number of hydrogen-bond acceptors (Lipinski definition) is 6. The summed E-state index contributed by atoms with van der Waals surface area (Å²) in [4.78, 5) is 36.9. The van der Waals surface area contributed by atoms with Crippen LogP contribution in [0.1, 0.15) is 19.8 Å². The first-order valence-corrected chi connectivity index (χ1v) is 9.52. The number of nitrogens with one attached hydrogen (secondary N) is 2. The van der Waals surface area contributed by atoms with Crippen molar-refractivity contribution in [1.82, 2.24) is 10.6 Å². The zero-order valence-electron chi connectivity index (χ0n) is 16.5. The summed E-state index contributed by atoms with van der Waals surface area (Å²) in [6, 6.07) is 6.53. The van der Waals surface area contributed by atoms with Crippen LogP contribution in [-0.2, 0) is 14.3 Å². The van der Waals surface area contributed by atoms with Crippen LogP contribution < -0.4 is 20.4 Å². The van der Waals surface area contributed by atoms with Gasteiger partial charge in [-0.2, -0.15) is 5.26 Å². The Morgan fingerprint density at radius 3 is 2.73 bits per heavy atom. The van der Waals surface area contributed by atoms with Gasteiger partial charge in [0.1, 0.15) is 23.7 Å². The topological polar surface area (TPSA) is 115 Å². The Balaban J connectivity index is 1.67. The maximum absolute atomic E-state index is 14.8. The lowest BCUT2D eigenvalue weighted by molar-refractivity contribution is -0.119. The van der Waals surface area contributed by atoms with E-state index in [9.17, 15) is 18.8 Å². The Labute approximate surface area is 173 Å². The van der Waals surface area contributed by atoms with Crippen LogP contribution in [0.25, 0.3) is 0 Å². The predicted octanol–water partition coefficient (Wildman–Crippen LogP) is 1.41. The number of halogens is 1. The molecule has 0 saturated carbocycles. The van der Waals surface area contributed by atoms with E-state index in [0.717, 1.165) is 5.57 Å². The van der Waals surface area contributed by atoms with Gasteiger partial charge in [0.25, 0.3) is 0 Å². The number of hydrogen-bond donors (Lipinski definition) is 2. The van der Waals surface area contributed by atoms with E-state index in [1.54, 1.807) is 12.1 Å². The molecule has 9 nitrogen and oxygen atoms in total. The predicted molar refractivity (Wildman–Crippen MR) is 106 cm³/mol. The second-order valence-corrected chi connectivity index (χ2v) is 7.03. The monoisotopic (exact) mass is 415 g/mol. The highest BCUT2D eigenvalue weighted by Crippen LogP contribution is 2.30. The van der Waals surface area contributed by atoms with Gasteiger partial charge in [0.15, 0.2) is 0 Å². The zero-order valence-corrected chi connectivity index (χ0v) is 16.5. The van der Waals surface area contributed by atoms with Crippen LogP contribution >= 0.6 is 0 Å². The zero-order chi connectivity index (χ0) is 21.7. The minimum absolute atomic E-state index is 0.200. The average molecular weight is 415 g/mol. The third-order valence-corrected chi connectivity index (χ3v) is 5.07. The molecule has 2 fully saturated rings. The molecular weight excluding hydrogens is 393 g/mol. The molecule has 2 aliphatic rings. The second kappa shape index (κ2) is 9.26. The fourth-order valence-electron chi connectivity index (χ4n) is 3.56. The molecule has 0 aromatic heterocycles. The van der Waals surface area contributed by atoms with Crippen LogP contribution in [0.5, 0.6) is 0 Å². The first kappa shape index (κ1) is 21.1. The van der Waals surface area contributed by atoms with Crippen LogP contribution in [0.4, 0.5) is 20.6 Å². The van der Waals surface area contributed by atoms with Gasteiger partial charge < -0.3 is 20.3 Å². The third-order valence-electron chi connectivity index (χ3n) is 5.07. The highest BCUT2D eigenvalue weighted by atomic mass is 19.1. The number of piperidine rings is 1. The van der Waals surface area contributed by atoms with Crippen molar-refractivity contribution < 1.29 is 23.5 Å². The van der Waals surface area contributed by atoms with E-state index in [1.165, 1.54) is 17.9 Å². The van der Waals surface area contributed by atoms with Crippen LogP contribution in [0, 0.1) is 17.1 Å². The average Bonchev–Trinajstić information content (AvgIpc) is 3.11. The Hall–Kier alpha value is -3.61. The largest absolute Gasteiger partial charge is 0.442 e. The lowest BCUT2D eigenvalue weighted by Crippen LogP contribution is -2.33. The highest BCUT2D eigenvalue weighted by molar-refractivity contribution is 5.90. The van der Waals surface area contributed by atoms with Crippen LogP contribution in [0.3, 0.4) is 0 Å². The van der Waals surface area contributed by atoms with E-state index >= 15 is 0 Å². The second-order valence-electron chi connectivity index (χ2n) is 7.03. The molecule has 158 valence electrons. The minimum Gasteiger partial charge on any atom is -0.442 e. The van der Waals surface area contributed by atoms with Gasteiger partial charge in [-0.05, 0) is 36.6 Å². The van der Waals surface area contributed by atoms with Gasteiger partial charge in [-0.15, -0.1) is 0 Å². The van der Waals surface area contributed by atoms with Crippen molar-refractivity contribution in [2.45, 2.75) is 25.9 Å². The van der Waals surface area contributed by atoms with Crippen molar-refractivity contribution >= 4 is 29.8 Å². The maximum atomic E-state index is 14.8. The van der Waals surface area contributed by atoms with E-state index in [1.807, 2.05) is 11.0 Å². The summed E-state index contributed by atoms with van der Waals surface area (Å²) in [6.45, 7) is 2.80. The van der Waals surface area contributed by atoms with Crippen molar-refractivity contribution in [3.8, 4) is 6.07 Å². The summed E-state index contributed by atoms with van der Waals surface area (Å²) < 4.78 is 20.0. The van der Waals surface area contributed by atoms with Crippen molar-refractivity contribution in [2.24, 2.45) is 0 Å². The summed E-state index contributed by atoms with van der Waals surface area (Å²) in [5.41, 5.74) is 1.87. The Bertz CT molecular complexity index is 916. The quantitative estimate of drug-likeness (QED) is 0.536. The van der Waals surface area contributed by atoms with Gasteiger partial charge in [-0.25, -0.2) is 9.18 Å². The highest BCUT2D eigenvalue weighted by Gasteiger charge is 2.33. The number of benzene rings is 1. The molecule has 0 aliphatic carbocycles. The van der Waals surface area contributed by atoms with E-state index in [0.29, 0.717) is 43.7 Å². The van der Waals surface area contributed by atoms with Crippen molar-refractivity contribution in [3.05, 3.63) is 35.3 Å². The summed E-state index contributed by atoms with van der Waals surface area (Å²) in [5, 5.41) is 14.1. The van der Waals surface area contributed by atoms with Crippen LogP contribution in [0.15, 0.2) is 29.5 Å². The SMILES string of the molecule is CC(=O)NC[C@H]1CN(c2ccc(N3CCC(=C(C#N)NC=O)CC3)c(F)c2)C(=O)O1. The lowest BCUT2D eigenvalue weighted by Gasteiger charge is -2.31. The molecule has 0 bridgehead atoms. The molecule has 3 rings (SSSR count). The fourth-order valence-corrected chi connectivity index (χ4v) is 3.56. The van der Waals surface area contributed by atoms with E-state index in [4.69, 9.17) is 10.00 Å². The molecule has 2 aliphatic heterocycles. The summed E-state index contributed by atoms with van der Waals surface area (Å²) >= 11 is 0. The van der Waals surface area contributed by atoms with Crippen LogP contribution in [0.2, 0.25) is 0 Å². The number of amides is 3. The molecule has 30 heavy (non-hydrogen) atoms. The standard InChI is InChI=1S/C20H22FN5O4/c1-13(28)23-10-16-11-26(20(29)30-16)15-2-3-19(17(21)8-15)25-6-4-14(5-7-25)18(9-22)24-12-27/h2-3,8,12,16H,4-7,10-11H2,1H3,(H,23,28)(H,24,27)/t16-/m0/s1. The van der Waals surface area contributed by atoms with E-state index in [2.05, 4.69) is 10.6 Å².